The van der Waals surface area contributed by atoms with Gasteiger partial charge in [-0.1, -0.05) is 13.0 Å². The van der Waals surface area contributed by atoms with Gasteiger partial charge >= 0.3 is 6.18 Å². The van der Waals surface area contributed by atoms with Gasteiger partial charge in [0.2, 0.25) is 0 Å². The fraction of sp³-hybridized carbons (Fsp3) is 0.667. The normalized spacial score (nSPS) is 16.3. The molecule has 14 heavy (non-hydrogen) atoms. The van der Waals surface area contributed by atoms with Crippen LogP contribution in [0.4, 0.5) is 13.2 Å². The summed E-state index contributed by atoms with van der Waals surface area (Å²) in [5.74, 6) is 0. The molecule has 0 aromatic heterocycles. The average molecular weight is 209 g/mol. The molecular formula is C9H14F3NO. The van der Waals surface area contributed by atoms with Crippen LogP contribution in [0.5, 0.6) is 0 Å². The van der Waals surface area contributed by atoms with Gasteiger partial charge in [-0.05, 0) is 6.42 Å². The van der Waals surface area contributed by atoms with Crippen LogP contribution in [0, 0.1) is 0 Å². The molecule has 0 aromatic rings. The third kappa shape index (κ3) is 3.91. The minimum absolute atomic E-state index is 0.0463. The highest BCUT2D eigenvalue weighted by Gasteiger charge is 2.41. The third-order valence-corrected chi connectivity index (χ3v) is 1.55. The Labute approximate surface area is 81.5 Å². The SMILES string of the molecule is CC/C=C(\C=NC)C(OC)C(F)(F)F. The van der Waals surface area contributed by atoms with Crippen LogP contribution in [0.1, 0.15) is 13.3 Å². The summed E-state index contributed by atoms with van der Waals surface area (Å²) < 4.78 is 41.6. The number of alkyl halides is 3. The van der Waals surface area contributed by atoms with E-state index in [0.29, 0.717) is 6.42 Å². The Bertz CT molecular complexity index is 221. The molecule has 0 aliphatic heterocycles. The standard InChI is InChI=1S/C9H14F3NO/c1-4-5-7(6-13-2)8(14-3)9(10,11)12/h5-6,8H,4H2,1-3H3/b7-5+,13-6?. The van der Waals surface area contributed by atoms with Gasteiger partial charge in [0.05, 0.1) is 0 Å². The van der Waals surface area contributed by atoms with Crippen LogP contribution in [-0.2, 0) is 4.74 Å². The number of halogens is 3. The Morgan fingerprint density at radius 2 is 2.07 bits per heavy atom. The Hall–Kier alpha value is -0.840. The van der Waals surface area contributed by atoms with E-state index in [4.69, 9.17) is 0 Å². The van der Waals surface area contributed by atoms with Gasteiger partial charge < -0.3 is 4.74 Å². The highest BCUT2D eigenvalue weighted by atomic mass is 19.4. The van der Waals surface area contributed by atoms with Crippen molar-refractivity contribution >= 4 is 6.21 Å². The topological polar surface area (TPSA) is 21.6 Å². The molecule has 0 N–H and O–H groups in total. The molecular weight excluding hydrogens is 195 g/mol. The molecule has 0 radical (unpaired) electrons. The highest BCUT2D eigenvalue weighted by molar-refractivity contribution is 5.80. The monoisotopic (exact) mass is 209 g/mol. The van der Waals surface area contributed by atoms with Crippen LogP contribution >= 0.6 is 0 Å². The molecule has 0 aliphatic rings. The predicted octanol–water partition coefficient (Wildman–Crippen LogP) is 2.60. The van der Waals surface area contributed by atoms with E-state index in [-0.39, 0.29) is 5.57 Å². The average Bonchev–Trinajstić information content (AvgIpc) is 2.03. The number of methoxy groups -OCH3 is 1. The van der Waals surface area contributed by atoms with Crippen LogP contribution < -0.4 is 0 Å². The van der Waals surface area contributed by atoms with Gasteiger partial charge in [-0.25, -0.2) is 0 Å². The first-order valence-electron chi connectivity index (χ1n) is 4.19. The molecule has 0 aliphatic carbocycles. The summed E-state index contributed by atoms with van der Waals surface area (Å²) in [5, 5.41) is 0. The number of aliphatic imine (C=N–C) groups is 1. The summed E-state index contributed by atoms with van der Waals surface area (Å²) in [6.45, 7) is 1.76. The van der Waals surface area contributed by atoms with E-state index in [2.05, 4.69) is 9.73 Å². The van der Waals surface area contributed by atoms with Gasteiger partial charge in [-0.2, -0.15) is 13.2 Å². The van der Waals surface area contributed by atoms with Crippen molar-refractivity contribution in [1.29, 1.82) is 0 Å². The third-order valence-electron chi connectivity index (χ3n) is 1.55. The minimum atomic E-state index is -4.39. The highest BCUT2D eigenvalue weighted by Crippen LogP contribution is 2.27. The molecule has 0 bridgehead atoms. The number of hydrogen-bond donors (Lipinski definition) is 0. The van der Waals surface area contributed by atoms with Crippen molar-refractivity contribution in [2.24, 2.45) is 4.99 Å². The lowest BCUT2D eigenvalue weighted by atomic mass is 10.1. The maximum Gasteiger partial charge on any atom is 0.418 e. The van der Waals surface area contributed by atoms with Gasteiger partial charge in [0, 0.05) is 25.9 Å². The quantitative estimate of drug-likeness (QED) is 0.652. The van der Waals surface area contributed by atoms with Gasteiger partial charge in [-0.3, -0.25) is 4.99 Å². The first-order chi connectivity index (χ1) is 6.47. The van der Waals surface area contributed by atoms with Crippen molar-refractivity contribution in [2.75, 3.05) is 14.2 Å². The van der Waals surface area contributed by atoms with Crippen molar-refractivity contribution in [3.63, 3.8) is 0 Å². The lowest BCUT2D eigenvalue weighted by molar-refractivity contribution is -0.198. The van der Waals surface area contributed by atoms with Gasteiger partial charge in [0.25, 0.3) is 0 Å². The van der Waals surface area contributed by atoms with E-state index in [1.807, 2.05) is 0 Å². The smallest absolute Gasteiger partial charge is 0.367 e. The second-order valence-electron chi connectivity index (χ2n) is 2.66. The first kappa shape index (κ1) is 13.2. The van der Waals surface area contributed by atoms with E-state index in [9.17, 15) is 13.2 Å². The molecule has 1 unspecified atom stereocenters. The van der Waals surface area contributed by atoms with Crippen molar-refractivity contribution < 1.29 is 17.9 Å². The molecule has 82 valence electrons. The lowest BCUT2D eigenvalue weighted by Gasteiger charge is -2.19. The van der Waals surface area contributed by atoms with Crippen molar-refractivity contribution in [3.05, 3.63) is 11.6 Å². The largest absolute Gasteiger partial charge is 0.418 e. The van der Waals surface area contributed by atoms with Gasteiger partial charge in [-0.15, -0.1) is 0 Å². The molecule has 0 fully saturated rings. The molecule has 0 saturated heterocycles. The van der Waals surface area contributed by atoms with Gasteiger partial charge in [0.1, 0.15) is 0 Å². The Morgan fingerprint density at radius 3 is 2.36 bits per heavy atom. The lowest BCUT2D eigenvalue weighted by Crippen LogP contribution is -2.33. The zero-order chi connectivity index (χ0) is 11.2. The van der Waals surface area contributed by atoms with E-state index < -0.39 is 12.3 Å². The summed E-state index contributed by atoms with van der Waals surface area (Å²) in [6, 6.07) is 0. The summed E-state index contributed by atoms with van der Waals surface area (Å²) in [5.41, 5.74) is 0.0463. The number of nitrogens with zero attached hydrogens (tertiary/aromatic N) is 1. The van der Waals surface area contributed by atoms with Crippen LogP contribution in [0.2, 0.25) is 0 Å². The van der Waals surface area contributed by atoms with E-state index >= 15 is 0 Å². The molecule has 0 aromatic carbocycles. The molecule has 0 rings (SSSR count). The molecule has 0 amide bonds. The van der Waals surface area contributed by atoms with Crippen molar-refractivity contribution in [2.45, 2.75) is 25.6 Å². The van der Waals surface area contributed by atoms with Crippen LogP contribution in [-0.4, -0.2) is 32.7 Å². The van der Waals surface area contributed by atoms with Crippen LogP contribution in [0.3, 0.4) is 0 Å². The first-order valence-corrected chi connectivity index (χ1v) is 4.19. The number of rotatable bonds is 4. The molecule has 5 heteroatoms. The van der Waals surface area contributed by atoms with E-state index in [1.54, 1.807) is 6.92 Å². The maximum atomic E-state index is 12.4. The van der Waals surface area contributed by atoms with E-state index in [0.717, 1.165) is 7.11 Å². The van der Waals surface area contributed by atoms with Crippen LogP contribution in [0.15, 0.2) is 16.6 Å². The molecule has 0 saturated carbocycles. The minimum Gasteiger partial charge on any atom is -0.367 e. The molecule has 2 nitrogen and oxygen atoms in total. The second-order valence-corrected chi connectivity index (χ2v) is 2.66. The maximum absolute atomic E-state index is 12.4. The number of allylic oxidation sites excluding steroid dienone is 1. The predicted molar refractivity (Wildman–Crippen MR) is 49.6 cm³/mol. The summed E-state index contributed by atoms with van der Waals surface area (Å²) in [7, 11) is 2.46. The Kier molecular flexibility index (Phi) is 5.45. The van der Waals surface area contributed by atoms with Gasteiger partial charge in [0.15, 0.2) is 6.10 Å². The zero-order valence-corrected chi connectivity index (χ0v) is 8.43. The zero-order valence-electron chi connectivity index (χ0n) is 8.43. The molecule has 0 spiro atoms. The van der Waals surface area contributed by atoms with Crippen LogP contribution in [0.25, 0.3) is 0 Å². The fourth-order valence-corrected chi connectivity index (χ4v) is 1.07. The van der Waals surface area contributed by atoms with Crippen molar-refractivity contribution in [1.82, 2.24) is 0 Å². The molecule has 1 atom stereocenters. The molecule has 0 heterocycles. The Balaban J connectivity index is 4.87. The summed E-state index contributed by atoms with van der Waals surface area (Å²) in [6.07, 6.45) is -3.14. The summed E-state index contributed by atoms with van der Waals surface area (Å²) >= 11 is 0. The second kappa shape index (κ2) is 5.80. The van der Waals surface area contributed by atoms with E-state index in [1.165, 1.54) is 19.3 Å². The van der Waals surface area contributed by atoms with Crippen molar-refractivity contribution in [3.8, 4) is 0 Å². The number of hydrogen-bond acceptors (Lipinski definition) is 2. The summed E-state index contributed by atoms with van der Waals surface area (Å²) in [4.78, 5) is 3.56. The Morgan fingerprint density at radius 1 is 1.50 bits per heavy atom. The number of ether oxygens (including phenoxy) is 1. The fourth-order valence-electron chi connectivity index (χ4n) is 1.07.